The van der Waals surface area contributed by atoms with Crippen molar-refractivity contribution in [3.63, 3.8) is 0 Å². The van der Waals surface area contributed by atoms with Crippen LogP contribution in [0.25, 0.3) is 0 Å². The third kappa shape index (κ3) is 5.65. The molecular formula is C11H16Br6O3. The molecule has 0 atom stereocenters. The van der Waals surface area contributed by atoms with E-state index in [4.69, 9.17) is 9.47 Å². The van der Waals surface area contributed by atoms with Crippen LogP contribution in [-0.2, 0) is 9.47 Å². The van der Waals surface area contributed by atoms with Gasteiger partial charge >= 0.3 is 6.16 Å². The van der Waals surface area contributed by atoms with Crippen LogP contribution in [0.4, 0.5) is 4.79 Å². The summed E-state index contributed by atoms with van der Waals surface area (Å²) in [6, 6.07) is 0. The van der Waals surface area contributed by atoms with Gasteiger partial charge in [-0.25, -0.2) is 4.79 Å². The van der Waals surface area contributed by atoms with Gasteiger partial charge in [0.05, 0.1) is 0 Å². The fourth-order valence-electron chi connectivity index (χ4n) is 0.662. The average molecular weight is 676 g/mol. The van der Waals surface area contributed by atoms with E-state index in [1.807, 2.05) is 27.7 Å². The highest BCUT2D eigenvalue weighted by Crippen LogP contribution is 2.49. The molecule has 0 fully saturated rings. The van der Waals surface area contributed by atoms with E-state index in [1.54, 1.807) is 0 Å². The zero-order chi connectivity index (χ0) is 16.4. The maximum Gasteiger partial charge on any atom is 0.512 e. The number of carbonyl (C=O) groups excluding carboxylic acids is 1. The van der Waals surface area contributed by atoms with Crippen molar-refractivity contribution in [2.24, 2.45) is 10.8 Å². The number of hydrogen-bond donors (Lipinski definition) is 0. The Hall–Kier alpha value is 2.15. The summed E-state index contributed by atoms with van der Waals surface area (Å²) < 4.78 is 8.59. The van der Waals surface area contributed by atoms with Gasteiger partial charge in [0.15, 0.2) is 0 Å². The zero-order valence-corrected chi connectivity index (χ0v) is 20.9. The van der Waals surface area contributed by atoms with Gasteiger partial charge in [-0.1, -0.05) is 59.6 Å². The molecule has 0 bridgehead atoms. The lowest BCUT2D eigenvalue weighted by atomic mass is 9.98. The first-order valence-electron chi connectivity index (χ1n) is 5.52. The number of rotatable bonds is 6. The van der Waals surface area contributed by atoms with E-state index in [9.17, 15) is 4.79 Å². The topological polar surface area (TPSA) is 35.5 Å². The SMILES string of the molecule is CC(C)(CBr)C(Br)(Br)OC(=O)OC(Br)(Br)C(C)(C)CBr. The standard InChI is InChI=1S/C11H16Br6O3/c1-8(2,5-12)10(14,15)19-7(18)20-11(16,17)9(3,4)6-13/h5-6H2,1-4H3. The average Bonchev–Trinajstić information content (AvgIpc) is 2.26. The van der Waals surface area contributed by atoms with Crippen LogP contribution in [0.2, 0.25) is 0 Å². The predicted molar refractivity (Wildman–Crippen MR) is 104 cm³/mol. The second-order valence-electron chi connectivity index (χ2n) is 5.52. The van der Waals surface area contributed by atoms with Gasteiger partial charge in [-0.3, -0.25) is 0 Å². The van der Waals surface area contributed by atoms with Gasteiger partial charge in [0.2, 0.25) is 6.84 Å². The molecule has 0 saturated carbocycles. The summed E-state index contributed by atoms with van der Waals surface area (Å²) in [4.78, 5) is 12.0. The maximum atomic E-state index is 12.0. The van der Waals surface area contributed by atoms with Crippen molar-refractivity contribution in [2.75, 3.05) is 10.7 Å². The molecule has 0 aromatic carbocycles. The highest BCUT2D eigenvalue weighted by atomic mass is 79.9. The Morgan fingerprint density at radius 1 is 0.800 bits per heavy atom. The van der Waals surface area contributed by atoms with E-state index in [-0.39, 0.29) is 0 Å². The van der Waals surface area contributed by atoms with Crippen LogP contribution in [0.5, 0.6) is 0 Å². The molecule has 0 aliphatic carbocycles. The van der Waals surface area contributed by atoms with Gasteiger partial charge in [-0.05, 0) is 63.7 Å². The summed E-state index contributed by atoms with van der Waals surface area (Å²) in [5, 5.41) is 1.23. The van der Waals surface area contributed by atoms with Crippen molar-refractivity contribution < 1.29 is 14.3 Å². The van der Waals surface area contributed by atoms with E-state index >= 15 is 0 Å². The molecule has 0 radical (unpaired) electrons. The molecule has 0 unspecified atom stereocenters. The van der Waals surface area contributed by atoms with Crippen molar-refractivity contribution in [1.29, 1.82) is 0 Å². The van der Waals surface area contributed by atoms with Crippen LogP contribution in [0.3, 0.4) is 0 Å². The van der Waals surface area contributed by atoms with E-state index < -0.39 is 23.8 Å². The molecule has 0 aromatic heterocycles. The Balaban J connectivity index is 4.90. The predicted octanol–water partition coefficient (Wildman–Crippen LogP) is 6.87. The van der Waals surface area contributed by atoms with Crippen molar-refractivity contribution in [3.05, 3.63) is 0 Å². The Morgan fingerprint density at radius 3 is 1.25 bits per heavy atom. The monoisotopic (exact) mass is 670 g/mol. The van der Waals surface area contributed by atoms with E-state index in [2.05, 4.69) is 95.6 Å². The maximum absolute atomic E-state index is 12.0. The quantitative estimate of drug-likeness (QED) is 0.228. The van der Waals surface area contributed by atoms with Crippen molar-refractivity contribution in [3.8, 4) is 0 Å². The highest BCUT2D eigenvalue weighted by Gasteiger charge is 2.48. The molecule has 9 heteroatoms. The fraction of sp³-hybridized carbons (Fsp3) is 0.909. The first kappa shape index (κ1) is 22.1. The van der Waals surface area contributed by atoms with Crippen molar-refractivity contribution in [1.82, 2.24) is 0 Å². The summed E-state index contributed by atoms with van der Waals surface area (Å²) in [5.41, 5.74) is -0.781. The minimum atomic E-state index is -1.04. The molecule has 0 N–H and O–H groups in total. The van der Waals surface area contributed by atoms with Gasteiger partial charge in [-0.15, -0.1) is 0 Å². The molecule has 120 valence electrons. The normalized spacial score (nSPS) is 14.1. The number of hydrogen-bond acceptors (Lipinski definition) is 3. The van der Waals surface area contributed by atoms with Crippen LogP contribution in [-0.4, -0.2) is 23.7 Å². The number of ether oxygens (including phenoxy) is 2. The minimum Gasteiger partial charge on any atom is -0.405 e. The Labute approximate surface area is 170 Å². The molecule has 0 heterocycles. The Kier molecular flexibility index (Phi) is 8.65. The van der Waals surface area contributed by atoms with E-state index in [0.29, 0.717) is 10.7 Å². The lowest BCUT2D eigenvalue weighted by Gasteiger charge is -2.38. The largest absolute Gasteiger partial charge is 0.512 e. The van der Waals surface area contributed by atoms with Gasteiger partial charge in [-0.2, -0.15) is 0 Å². The third-order valence-corrected chi connectivity index (χ3v) is 10.4. The first-order valence-corrected chi connectivity index (χ1v) is 10.9. The first-order chi connectivity index (χ1) is 8.72. The van der Waals surface area contributed by atoms with Crippen LogP contribution in [0, 0.1) is 10.8 Å². The summed E-state index contributed by atoms with van der Waals surface area (Å²) in [6.07, 6.45) is -0.810. The van der Waals surface area contributed by atoms with Crippen LogP contribution in [0.15, 0.2) is 0 Å². The molecule has 3 nitrogen and oxygen atoms in total. The second kappa shape index (κ2) is 7.81. The number of alkyl halides is 6. The summed E-state index contributed by atoms with van der Waals surface area (Å²) >= 11 is 20.2. The van der Waals surface area contributed by atoms with E-state index in [0.717, 1.165) is 0 Å². The fourth-order valence-corrected chi connectivity index (χ4v) is 4.05. The molecule has 0 aromatic rings. The zero-order valence-electron chi connectivity index (χ0n) is 11.4. The molecule has 0 aliphatic heterocycles. The molecule has 0 amide bonds. The summed E-state index contributed by atoms with van der Waals surface area (Å²) in [5.74, 6) is 0. The van der Waals surface area contributed by atoms with Crippen LogP contribution < -0.4 is 0 Å². The molecule has 20 heavy (non-hydrogen) atoms. The van der Waals surface area contributed by atoms with Gasteiger partial charge in [0.25, 0.3) is 0 Å². The molecular weight excluding hydrogens is 660 g/mol. The lowest BCUT2D eigenvalue weighted by Crippen LogP contribution is -2.43. The van der Waals surface area contributed by atoms with Gasteiger partial charge < -0.3 is 9.47 Å². The third-order valence-electron chi connectivity index (χ3n) is 2.67. The molecule has 0 rings (SSSR count). The molecule has 0 aliphatic rings. The summed E-state index contributed by atoms with van der Waals surface area (Å²) in [7, 11) is 0. The molecule has 0 saturated heterocycles. The van der Waals surface area contributed by atoms with Gasteiger partial charge in [0, 0.05) is 21.5 Å². The van der Waals surface area contributed by atoms with Crippen LogP contribution in [0.1, 0.15) is 27.7 Å². The second-order valence-corrected chi connectivity index (χ2v) is 13.2. The lowest BCUT2D eigenvalue weighted by molar-refractivity contribution is -0.0154. The summed E-state index contributed by atoms with van der Waals surface area (Å²) in [6.45, 7) is 7.71. The van der Waals surface area contributed by atoms with E-state index in [1.165, 1.54) is 0 Å². The van der Waals surface area contributed by atoms with Crippen LogP contribution >= 0.6 is 95.6 Å². The highest BCUT2D eigenvalue weighted by molar-refractivity contribution is 9.25. The van der Waals surface area contributed by atoms with Crippen molar-refractivity contribution in [2.45, 2.75) is 34.5 Å². The molecule has 0 spiro atoms. The minimum absolute atomic E-state index is 0.391. The number of carbonyl (C=O) groups is 1. The smallest absolute Gasteiger partial charge is 0.405 e. The number of halogens is 6. The Morgan fingerprint density at radius 2 is 1.05 bits per heavy atom. The Bertz CT molecular complexity index is 322. The van der Waals surface area contributed by atoms with Gasteiger partial charge in [0.1, 0.15) is 0 Å². The van der Waals surface area contributed by atoms with Crippen molar-refractivity contribution >= 4 is 102 Å².